The molecule has 2 unspecified atom stereocenters. The molecule has 1 aromatic heterocycles. The molecule has 2 N–H and O–H groups in total. The number of benzene rings is 1. The van der Waals surface area contributed by atoms with Crippen LogP contribution in [0.2, 0.25) is 0 Å². The molecule has 2 aromatic rings. The van der Waals surface area contributed by atoms with Gasteiger partial charge in [-0.2, -0.15) is 0 Å². The number of rotatable bonds is 2. The standard InChI is InChI=1S/C14H18N4O/c1-10-16-17-13(14(2)9-19-8-12(14)15)18(10)11-6-4-3-5-7-11/h3-7,12H,8-9,15H2,1-2H3. The molecule has 5 heteroatoms. The Morgan fingerprint density at radius 2 is 2.05 bits per heavy atom. The fourth-order valence-corrected chi connectivity index (χ4v) is 2.54. The number of hydrogen-bond acceptors (Lipinski definition) is 4. The Hall–Kier alpha value is -1.72. The van der Waals surface area contributed by atoms with Crippen LogP contribution in [0.5, 0.6) is 0 Å². The van der Waals surface area contributed by atoms with E-state index >= 15 is 0 Å². The third-order valence-corrected chi connectivity index (χ3v) is 3.87. The smallest absolute Gasteiger partial charge is 0.147 e. The van der Waals surface area contributed by atoms with Gasteiger partial charge in [-0.15, -0.1) is 10.2 Å². The molecule has 1 fully saturated rings. The maximum atomic E-state index is 6.20. The molecular weight excluding hydrogens is 240 g/mol. The molecule has 0 spiro atoms. The highest BCUT2D eigenvalue weighted by Gasteiger charge is 2.43. The molecule has 100 valence electrons. The molecule has 3 rings (SSSR count). The van der Waals surface area contributed by atoms with Crippen LogP contribution in [0.3, 0.4) is 0 Å². The van der Waals surface area contributed by atoms with Gasteiger partial charge >= 0.3 is 0 Å². The third-order valence-electron chi connectivity index (χ3n) is 3.87. The molecule has 1 aliphatic rings. The molecule has 19 heavy (non-hydrogen) atoms. The number of aromatic nitrogens is 3. The lowest BCUT2D eigenvalue weighted by Crippen LogP contribution is -2.43. The molecule has 0 saturated carbocycles. The molecule has 1 aliphatic heterocycles. The van der Waals surface area contributed by atoms with Crippen molar-refractivity contribution in [2.75, 3.05) is 13.2 Å². The molecular formula is C14H18N4O. The first-order valence-corrected chi connectivity index (χ1v) is 6.44. The SMILES string of the molecule is Cc1nnc(C2(C)COCC2N)n1-c1ccccc1. The van der Waals surface area contributed by atoms with Crippen LogP contribution in [0.15, 0.2) is 30.3 Å². The monoisotopic (exact) mass is 258 g/mol. The highest BCUT2D eigenvalue weighted by molar-refractivity contribution is 5.36. The van der Waals surface area contributed by atoms with Gasteiger partial charge in [-0.3, -0.25) is 4.57 Å². The van der Waals surface area contributed by atoms with Crippen molar-refractivity contribution >= 4 is 0 Å². The zero-order chi connectivity index (χ0) is 13.5. The summed E-state index contributed by atoms with van der Waals surface area (Å²) in [5.74, 6) is 1.74. The van der Waals surface area contributed by atoms with Gasteiger partial charge in [0.25, 0.3) is 0 Å². The molecule has 2 heterocycles. The summed E-state index contributed by atoms with van der Waals surface area (Å²) in [6.45, 7) is 5.19. The summed E-state index contributed by atoms with van der Waals surface area (Å²) < 4.78 is 7.58. The minimum atomic E-state index is -0.295. The number of hydrogen-bond donors (Lipinski definition) is 1. The van der Waals surface area contributed by atoms with E-state index in [9.17, 15) is 0 Å². The second-order valence-electron chi connectivity index (χ2n) is 5.28. The lowest BCUT2D eigenvalue weighted by atomic mass is 9.84. The second kappa shape index (κ2) is 4.43. The summed E-state index contributed by atoms with van der Waals surface area (Å²) in [6.07, 6.45) is 0. The molecule has 0 bridgehead atoms. The summed E-state index contributed by atoms with van der Waals surface area (Å²) in [4.78, 5) is 0. The molecule has 0 aliphatic carbocycles. The van der Waals surface area contributed by atoms with E-state index < -0.39 is 0 Å². The van der Waals surface area contributed by atoms with E-state index in [2.05, 4.69) is 21.7 Å². The fourth-order valence-electron chi connectivity index (χ4n) is 2.54. The molecule has 0 amide bonds. The van der Waals surface area contributed by atoms with Crippen LogP contribution in [-0.4, -0.2) is 34.0 Å². The van der Waals surface area contributed by atoms with E-state index in [1.54, 1.807) is 0 Å². The van der Waals surface area contributed by atoms with Gasteiger partial charge in [0.15, 0.2) is 0 Å². The molecule has 2 atom stereocenters. The highest BCUT2D eigenvalue weighted by Crippen LogP contribution is 2.32. The van der Waals surface area contributed by atoms with Gasteiger partial charge in [0.1, 0.15) is 11.6 Å². The summed E-state index contributed by atoms with van der Waals surface area (Å²) in [5.41, 5.74) is 6.96. The Balaban J connectivity index is 2.14. The Kier molecular flexibility index (Phi) is 2.88. The molecule has 0 radical (unpaired) electrons. The number of nitrogens with two attached hydrogens (primary N) is 1. The average molecular weight is 258 g/mol. The van der Waals surface area contributed by atoms with Crippen molar-refractivity contribution in [2.24, 2.45) is 5.73 Å². The van der Waals surface area contributed by atoms with Crippen LogP contribution in [-0.2, 0) is 10.2 Å². The van der Waals surface area contributed by atoms with Crippen molar-refractivity contribution in [3.05, 3.63) is 42.0 Å². The Morgan fingerprint density at radius 1 is 1.32 bits per heavy atom. The van der Waals surface area contributed by atoms with Crippen molar-refractivity contribution in [3.8, 4) is 5.69 Å². The largest absolute Gasteiger partial charge is 0.379 e. The summed E-state index contributed by atoms with van der Waals surface area (Å²) >= 11 is 0. The topological polar surface area (TPSA) is 66.0 Å². The van der Waals surface area contributed by atoms with Crippen molar-refractivity contribution < 1.29 is 4.74 Å². The van der Waals surface area contributed by atoms with Crippen molar-refractivity contribution in [1.82, 2.24) is 14.8 Å². The van der Waals surface area contributed by atoms with Gasteiger partial charge < -0.3 is 10.5 Å². The summed E-state index contributed by atoms with van der Waals surface area (Å²) in [7, 11) is 0. The van der Waals surface area contributed by atoms with E-state index in [-0.39, 0.29) is 11.5 Å². The van der Waals surface area contributed by atoms with Gasteiger partial charge in [0, 0.05) is 11.7 Å². The van der Waals surface area contributed by atoms with Crippen molar-refractivity contribution in [1.29, 1.82) is 0 Å². The van der Waals surface area contributed by atoms with E-state index in [0.717, 1.165) is 17.3 Å². The second-order valence-corrected chi connectivity index (χ2v) is 5.28. The van der Waals surface area contributed by atoms with E-state index in [1.165, 1.54) is 0 Å². The van der Waals surface area contributed by atoms with Gasteiger partial charge in [-0.05, 0) is 26.0 Å². The van der Waals surface area contributed by atoms with E-state index in [4.69, 9.17) is 10.5 Å². The number of para-hydroxylation sites is 1. The minimum absolute atomic E-state index is 0.0569. The van der Waals surface area contributed by atoms with Crippen LogP contribution in [0, 0.1) is 6.92 Å². The number of aryl methyl sites for hydroxylation is 1. The van der Waals surface area contributed by atoms with Crippen LogP contribution in [0.25, 0.3) is 5.69 Å². The molecule has 1 aromatic carbocycles. The minimum Gasteiger partial charge on any atom is -0.379 e. The van der Waals surface area contributed by atoms with Gasteiger partial charge in [-0.1, -0.05) is 18.2 Å². The maximum absolute atomic E-state index is 6.20. The normalized spacial score (nSPS) is 26.8. The van der Waals surface area contributed by atoms with Crippen molar-refractivity contribution in [2.45, 2.75) is 25.3 Å². The highest BCUT2D eigenvalue weighted by atomic mass is 16.5. The quantitative estimate of drug-likeness (QED) is 0.878. The molecule has 5 nitrogen and oxygen atoms in total. The predicted molar refractivity (Wildman–Crippen MR) is 72.2 cm³/mol. The zero-order valence-corrected chi connectivity index (χ0v) is 11.2. The Bertz CT molecular complexity index is 580. The van der Waals surface area contributed by atoms with Gasteiger partial charge in [0.2, 0.25) is 0 Å². The van der Waals surface area contributed by atoms with E-state index in [1.807, 2.05) is 37.3 Å². The average Bonchev–Trinajstić information content (AvgIpc) is 2.96. The fraction of sp³-hybridized carbons (Fsp3) is 0.429. The first-order chi connectivity index (χ1) is 9.13. The van der Waals surface area contributed by atoms with Crippen LogP contribution in [0.4, 0.5) is 0 Å². The zero-order valence-electron chi connectivity index (χ0n) is 11.2. The first kappa shape index (κ1) is 12.3. The number of ether oxygens (including phenoxy) is 1. The number of nitrogens with zero attached hydrogens (tertiary/aromatic N) is 3. The van der Waals surface area contributed by atoms with Crippen LogP contribution < -0.4 is 5.73 Å². The van der Waals surface area contributed by atoms with Gasteiger partial charge in [-0.25, -0.2) is 0 Å². The summed E-state index contributed by atoms with van der Waals surface area (Å²) in [6, 6.07) is 10.0. The molecule has 1 saturated heterocycles. The van der Waals surface area contributed by atoms with Crippen LogP contribution >= 0.6 is 0 Å². The lowest BCUT2D eigenvalue weighted by molar-refractivity contribution is 0.178. The van der Waals surface area contributed by atoms with Crippen molar-refractivity contribution in [3.63, 3.8) is 0 Å². The van der Waals surface area contributed by atoms with Crippen LogP contribution in [0.1, 0.15) is 18.6 Å². The van der Waals surface area contributed by atoms with Gasteiger partial charge in [0.05, 0.1) is 18.6 Å². The predicted octanol–water partition coefficient (Wildman–Crippen LogP) is 1.19. The Morgan fingerprint density at radius 3 is 2.68 bits per heavy atom. The Labute approximate surface area is 112 Å². The first-order valence-electron chi connectivity index (χ1n) is 6.44. The summed E-state index contributed by atoms with van der Waals surface area (Å²) in [5, 5.41) is 8.57. The maximum Gasteiger partial charge on any atom is 0.147 e. The lowest BCUT2D eigenvalue weighted by Gasteiger charge is -2.26. The van der Waals surface area contributed by atoms with E-state index in [0.29, 0.717) is 13.2 Å². The third kappa shape index (κ3) is 1.86.